The minimum absolute atomic E-state index is 0.0174. The molecule has 2 aromatic carbocycles. The van der Waals surface area contributed by atoms with E-state index < -0.39 is 14.5 Å². The van der Waals surface area contributed by atoms with Crippen LogP contribution in [-0.4, -0.2) is 8.42 Å². The molecule has 3 aromatic rings. The minimum atomic E-state index is -4.01. The highest BCUT2D eigenvalue weighted by Crippen LogP contribution is 2.26. The molecule has 0 radical (unpaired) electrons. The molecule has 0 bridgehead atoms. The van der Waals surface area contributed by atoms with E-state index >= 15 is 0 Å². The highest BCUT2D eigenvalue weighted by Gasteiger charge is 2.19. The summed E-state index contributed by atoms with van der Waals surface area (Å²) in [6.07, 6.45) is 0. The van der Waals surface area contributed by atoms with Gasteiger partial charge in [0.2, 0.25) is 5.43 Å². The van der Waals surface area contributed by atoms with E-state index in [1.54, 1.807) is 24.3 Å². The Balaban J connectivity index is 2.65. The maximum Gasteiger partial charge on any atom is 0.262 e. The van der Waals surface area contributed by atoms with Crippen molar-refractivity contribution in [2.75, 3.05) is 0 Å². The van der Waals surface area contributed by atoms with Crippen molar-refractivity contribution >= 4 is 41.7 Å². The summed E-state index contributed by atoms with van der Waals surface area (Å²) in [4.78, 5) is 12.1. The fourth-order valence-corrected chi connectivity index (χ4v) is 3.08. The van der Waals surface area contributed by atoms with E-state index in [1.807, 2.05) is 0 Å². The molecule has 0 fully saturated rings. The summed E-state index contributed by atoms with van der Waals surface area (Å²) in [5, 5.41) is 0.305. The van der Waals surface area contributed by atoms with Crippen LogP contribution in [0.3, 0.4) is 0 Å². The lowest BCUT2D eigenvalue weighted by molar-refractivity contribution is 0.609. The van der Waals surface area contributed by atoms with E-state index in [4.69, 9.17) is 15.1 Å². The number of para-hydroxylation sites is 1. The van der Waals surface area contributed by atoms with Gasteiger partial charge in [-0.2, -0.15) is 0 Å². The molecule has 96 valence electrons. The zero-order valence-electron chi connectivity index (χ0n) is 9.46. The Morgan fingerprint density at radius 1 is 0.947 bits per heavy atom. The smallest absolute Gasteiger partial charge is 0.262 e. The minimum Gasteiger partial charge on any atom is -0.456 e. The average molecular weight is 295 g/mol. The van der Waals surface area contributed by atoms with Gasteiger partial charge in [0, 0.05) is 10.7 Å². The first-order valence-electron chi connectivity index (χ1n) is 5.38. The van der Waals surface area contributed by atoms with Crippen LogP contribution in [0.1, 0.15) is 0 Å². The van der Waals surface area contributed by atoms with Gasteiger partial charge in [0.1, 0.15) is 11.2 Å². The average Bonchev–Trinajstić information content (AvgIpc) is 2.37. The van der Waals surface area contributed by atoms with Gasteiger partial charge in [-0.25, -0.2) is 8.42 Å². The topological polar surface area (TPSA) is 64.3 Å². The van der Waals surface area contributed by atoms with Gasteiger partial charge in [0.25, 0.3) is 9.05 Å². The third kappa shape index (κ3) is 1.91. The molecular weight excluding hydrogens is 288 g/mol. The molecule has 19 heavy (non-hydrogen) atoms. The summed E-state index contributed by atoms with van der Waals surface area (Å²) >= 11 is 0. The Kier molecular flexibility index (Phi) is 2.62. The molecule has 0 aliphatic carbocycles. The van der Waals surface area contributed by atoms with Crippen LogP contribution >= 0.6 is 10.7 Å². The number of halogens is 1. The molecule has 0 amide bonds. The second-order valence-corrected chi connectivity index (χ2v) is 6.53. The van der Waals surface area contributed by atoms with Crippen LogP contribution in [0.2, 0.25) is 0 Å². The van der Waals surface area contributed by atoms with Crippen LogP contribution in [-0.2, 0) is 9.05 Å². The summed E-state index contributed by atoms with van der Waals surface area (Å²) in [6, 6.07) is 11.0. The lowest BCUT2D eigenvalue weighted by Gasteiger charge is -2.04. The first kappa shape index (κ1) is 12.2. The van der Waals surface area contributed by atoms with Crippen molar-refractivity contribution in [3.05, 3.63) is 52.7 Å². The monoisotopic (exact) mass is 294 g/mol. The van der Waals surface area contributed by atoms with Crippen molar-refractivity contribution in [3.63, 3.8) is 0 Å². The number of hydrogen-bond donors (Lipinski definition) is 0. The van der Waals surface area contributed by atoms with Crippen LogP contribution in [0.5, 0.6) is 0 Å². The fourth-order valence-electron chi connectivity index (χ4n) is 2.02. The number of rotatable bonds is 1. The first-order chi connectivity index (χ1) is 8.98. The van der Waals surface area contributed by atoms with Crippen molar-refractivity contribution in [2.45, 2.75) is 4.90 Å². The van der Waals surface area contributed by atoms with E-state index in [1.165, 1.54) is 18.2 Å². The molecule has 0 aliphatic heterocycles. The van der Waals surface area contributed by atoms with E-state index in [0.717, 1.165) is 0 Å². The van der Waals surface area contributed by atoms with Crippen LogP contribution < -0.4 is 5.43 Å². The molecular formula is C13H7ClO4S. The number of fused-ring (bicyclic) bond motifs is 2. The lowest BCUT2D eigenvalue weighted by atomic mass is 10.1. The van der Waals surface area contributed by atoms with Gasteiger partial charge in [0.15, 0.2) is 0 Å². The van der Waals surface area contributed by atoms with Gasteiger partial charge < -0.3 is 4.42 Å². The summed E-state index contributed by atoms with van der Waals surface area (Å²) in [5.41, 5.74) is 0.200. The largest absolute Gasteiger partial charge is 0.456 e. The Bertz CT molecular complexity index is 957. The molecule has 4 nitrogen and oxygen atoms in total. The summed E-state index contributed by atoms with van der Waals surface area (Å²) in [5.74, 6) is 0. The number of hydrogen-bond acceptors (Lipinski definition) is 4. The normalized spacial score (nSPS) is 12.1. The van der Waals surface area contributed by atoms with E-state index in [-0.39, 0.29) is 15.9 Å². The summed E-state index contributed by atoms with van der Waals surface area (Å²) in [7, 11) is 1.34. The van der Waals surface area contributed by atoms with Crippen LogP contribution in [0.15, 0.2) is 56.6 Å². The molecule has 1 heterocycles. The highest BCUT2D eigenvalue weighted by molar-refractivity contribution is 8.14. The maximum absolute atomic E-state index is 12.4. The van der Waals surface area contributed by atoms with E-state index in [9.17, 15) is 13.2 Å². The van der Waals surface area contributed by atoms with Gasteiger partial charge in [-0.1, -0.05) is 18.2 Å². The van der Waals surface area contributed by atoms with Gasteiger partial charge in [-0.3, -0.25) is 4.79 Å². The standard InChI is InChI=1S/C13H7ClO4S/c14-19(16,17)11-7-3-6-10-12(11)13(15)8-4-1-2-5-9(8)18-10/h1-7H. The van der Waals surface area contributed by atoms with Gasteiger partial charge in [-0.05, 0) is 24.3 Å². The van der Waals surface area contributed by atoms with Crippen molar-refractivity contribution in [1.29, 1.82) is 0 Å². The van der Waals surface area contributed by atoms with E-state index in [2.05, 4.69) is 0 Å². The Morgan fingerprint density at radius 3 is 2.37 bits per heavy atom. The van der Waals surface area contributed by atoms with Crippen molar-refractivity contribution in [2.24, 2.45) is 0 Å². The van der Waals surface area contributed by atoms with Crippen LogP contribution in [0.4, 0.5) is 0 Å². The van der Waals surface area contributed by atoms with Gasteiger partial charge >= 0.3 is 0 Å². The fraction of sp³-hybridized carbons (Fsp3) is 0. The molecule has 0 spiro atoms. The van der Waals surface area contributed by atoms with Crippen molar-refractivity contribution in [3.8, 4) is 0 Å². The molecule has 0 N–H and O–H groups in total. The van der Waals surface area contributed by atoms with Crippen molar-refractivity contribution in [1.82, 2.24) is 0 Å². The lowest BCUT2D eigenvalue weighted by Crippen LogP contribution is -2.06. The molecule has 1 aromatic heterocycles. The molecule has 3 rings (SSSR count). The predicted octanol–water partition coefficient (Wildman–Crippen LogP) is 2.87. The Morgan fingerprint density at radius 2 is 1.63 bits per heavy atom. The Hall–Kier alpha value is -1.85. The maximum atomic E-state index is 12.4. The molecule has 0 unspecified atom stereocenters. The molecule has 0 saturated heterocycles. The molecule has 0 saturated carbocycles. The quantitative estimate of drug-likeness (QED) is 0.511. The summed E-state index contributed by atoms with van der Waals surface area (Å²) < 4.78 is 28.6. The SMILES string of the molecule is O=c1c2ccccc2oc2cccc(S(=O)(=O)Cl)c12. The zero-order chi connectivity index (χ0) is 13.6. The zero-order valence-corrected chi connectivity index (χ0v) is 11.0. The summed E-state index contributed by atoms with van der Waals surface area (Å²) in [6.45, 7) is 0. The third-order valence-corrected chi connectivity index (χ3v) is 4.19. The van der Waals surface area contributed by atoms with Crippen molar-refractivity contribution < 1.29 is 12.8 Å². The second kappa shape index (κ2) is 4.08. The predicted molar refractivity (Wildman–Crippen MR) is 73.0 cm³/mol. The van der Waals surface area contributed by atoms with E-state index in [0.29, 0.717) is 11.0 Å². The highest BCUT2D eigenvalue weighted by atomic mass is 35.7. The molecule has 0 aliphatic rings. The molecule has 6 heteroatoms. The third-order valence-electron chi connectivity index (χ3n) is 2.83. The van der Waals surface area contributed by atoms with Crippen LogP contribution in [0.25, 0.3) is 21.9 Å². The van der Waals surface area contributed by atoms with Gasteiger partial charge in [0.05, 0.1) is 15.7 Å². The Labute approximate surface area is 112 Å². The first-order valence-corrected chi connectivity index (χ1v) is 7.68. The van der Waals surface area contributed by atoms with Crippen LogP contribution in [0, 0.1) is 0 Å². The molecule has 0 atom stereocenters. The second-order valence-electron chi connectivity index (χ2n) is 3.99. The van der Waals surface area contributed by atoms with Gasteiger partial charge in [-0.15, -0.1) is 0 Å². The number of benzene rings is 2.